The van der Waals surface area contributed by atoms with Crippen molar-refractivity contribution < 1.29 is 37.0 Å². The number of H-pyrrole nitrogens is 2. The summed E-state index contributed by atoms with van der Waals surface area (Å²) in [4.78, 5) is 31.0. The van der Waals surface area contributed by atoms with E-state index in [0.717, 1.165) is 0 Å². The van der Waals surface area contributed by atoms with E-state index in [1.54, 1.807) is 6.07 Å². The topological polar surface area (TPSA) is 144 Å². The minimum atomic E-state index is -5.08. The second-order valence-corrected chi connectivity index (χ2v) is 7.92. The van der Waals surface area contributed by atoms with Crippen LogP contribution in [-0.4, -0.2) is 38.1 Å². The minimum Gasteiger partial charge on any atom is -0.475 e. The fraction of sp³-hybridized carbons (Fsp3) is 0.0909. The van der Waals surface area contributed by atoms with Crippen LogP contribution in [0.5, 0.6) is 11.5 Å². The first-order valence-corrected chi connectivity index (χ1v) is 10.6. The number of benzene rings is 2. The summed E-state index contributed by atoms with van der Waals surface area (Å²) in [6.07, 6.45) is -3.58. The average Bonchev–Trinajstić information content (AvgIpc) is 3.43. The van der Waals surface area contributed by atoms with Crippen LogP contribution < -0.4 is 10.1 Å². The Kier molecular flexibility index (Phi) is 8.26. The van der Waals surface area contributed by atoms with Crippen molar-refractivity contribution in [3.05, 3.63) is 75.4 Å². The molecule has 0 fully saturated rings. The third-order valence-corrected chi connectivity index (χ3v) is 5.00. The van der Waals surface area contributed by atoms with E-state index < -0.39 is 23.9 Å². The van der Waals surface area contributed by atoms with Crippen LogP contribution in [0.2, 0.25) is 10.0 Å². The largest absolute Gasteiger partial charge is 0.490 e. The van der Waals surface area contributed by atoms with Crippen molar-refractivity contribution in [3.63, 3.8) is 0 Å². The number of amides is 1. The van der Waals surface area contributed by atoms with Gasteiger partial charge in [-0.15, -0.1) is 0 Å². The maximum absolute atomic E-state index is 15.0. The number of nitrogens with one attached hydrogen (secondary N) is 3. The molecule has 1 amide bonds. The molecule has 2 aromatic heterocycles. The standard InChI is InChI=1S/C20H12Cl2FN5O2.C2HF3O2/c21-12-3-10(7-24)4-13(5-12)30-18-14(22)2-1-11(17(18)23)8-25-20(29)16-6-15-19(28-16)27-9-26-15;3-2(4,5)1(6)7/h1-6,9,28H,8H2,(H,25,29)(H,26,27);(H,6,7). The van der Waals surface area contributed by atoms with Crippen LogP contribution in [0, 0.1) is 17.1 Å². The molecule has 0 bridgehead atoms. The van der Waals surface area contributed by atoms with E-state index in [1.165, 1.54) is 36.7 Å². The molecule has 0 saturated heterocycles. The van der Waals surface area contributed by atoms with Crippen LogP contribution in [-0.2, 0) is 11.3 Å². The first-order chi connectivity index (χ1) is 17.4. The van der Waals surface area contributed by atoms with E-state index >= 15 is 0 Å². The number of fused-ring (bicyclic) bond motifs is 1. The molecule has 192 valence electrons. The van der Waals surface area contributed by atoms with E-state index in [-0.39, 0.29) is 44.9 Å². The molecule has 4 aromatic rings. The molecule has 0 aliphatic carbocycles. The number of imidazole rings is 1. The number of aromatic nitrogens is 3. The fourth-order valence-corrected chi connectivity index (χ4v) is 3.23. The van der Waals surface area contributed by atoms with Crippen LogP contribution >= 0.6 is 23.2 Å². The monoisotopic (exact) mass is 557 g/mol. The first kappa shape index (κ1) is 27.3. The molecule has 0 spiro atoms. The van der Waals surface area contributed by atoms with Gasteiger partial charge < -0.3 is 25.1 Å². The predicted octanol–water partition coefficient (Wildman–Crippen LogP) is 5.56. The predicted molar refractivity (Wildman–Crippen MR) is 123 cm³/mol. The Morgan fingerprint density at radius 2 is 1.89 bits per heavy atom. The van der Waals surface area contributed by atoms with E-state index in [9.17, 15) is 22.4 Å². The molecule has 15 heteroatoms. The summed E-state index contributed by atoms with van der Waals surface area (Å²) in [5.41, 5.74) is 1.95. The number of carbonyl (C=O) groups is 2. The van der Waals surface area contributed by atoms with Crippen LogP contribution in [0.4, 0.5) is 17.6 Å². The highest BCUT2D eigenvalue weighted by Gasteiger charge is 2.38. The number of nitrogens with zero attached hydrogens (tertiary/aromatic N) is 2. The van der Waals surface area contributed by atoms with E-state index in [0.29, 0.717) is 11.2 Å². The SMILES string of the molecule is N#Cc1cc(Cl)cc(Oc2c(Cl)ccc(CNC(=O)c3cc4[nH]cnc4[nH]3)c2F)c1.O=C(O)C(F)(F)F. The van der Waals surface area contributed by atoms with Crippen LogP contribution in [0.3, 0.4) is 0 Å². The molecule has 4 rings (SSSR count). The molecule has 2 heterocycles. The third kappa shape index (κ3) is 6.90. The van der Waals surface area contributed by atoms with Crippen LogP contribution in [0.15, 0.2) is 42.7 Å². The highest BCUT2D eigenvalue weighted by atomic mass is 35.5. The van der Waals surface area contributed by atoms with Crippen molar-refractivity contribution in [2.24, 2.45) is 0 Å². The number of carboxylic acids is 1. The van der Waals surface area contributed by atoms with E-state index in [2.05, 4.69) is 20.3 Å². The summed E-state index contributed by atoms with van der Waals surface area (Å²) >= 11 is 12.0. The number of nitriles is 1. The number of carboxylic acid groups (broad SMARTS) is 1. The Morgan fingerprint density at radius 1 is 1.19 bits per heavy atom. The van der Waals surface area contributed by atoms with Crippen LogP contribution in [0.1, 0.15) is 21.6 Å². The lowest BCUT2D eigenvalue weighted by molar-refractivity contribution is -0.192. The molecule has 2 aromatic carbocycles. The number of rotatable bonds is 5. The van der Waals surface area contributed by atoms with Crippen molar-refractivity contribution in [2.45, 2.75) is 12.7 Å². The average molecular weight is 558 g/mol. The van der Waals surface area contributed by atoms with Crippen molar-refractivity contribution in [3.8, 4) is 17.6 Å². The highest BCUT2D eigenvalue weighted by molar-refractivity contribution is 6.32. The summed E-state index contributed by atoms with van der Waals surface area (Å²) in [6, 6.07) is 10.8. The molecule has 37 heavy (non-hydrogen) atoms. The Balaban J connectivity index is 0.000000479. The molecule has 0 atom stereocenters. The van der Waals surface area contributed by atoms with Gasteiger partial charge in [-0.2, -0.15) is 18.4 Å². The van der Waals surface area contributed by atoms with Gasteiger partial charge in [-0.3, -0.25) is 4.79 Å². The van der Waals surface area contributed by atoms with Crippen molar-refractivity contribution in [2.75, 3.05) is 0 Å². The lowest BCUT2D eigenvalue weighted by atomic mass is 10.2. The third-order valence-electron chi connectivity index (χ3n) is 4.49. The zero-order valence-corrected chi connectivity index (χ0v) is 19.6. The number of halogens is 6. The number of ether oxygens (including phenoxy) is 1. The maximum atomic E-state index is 15.0. The second kappa shape index (κ2) is 11.2. The molecule has 0 unspecified atom stereocenters. The number of aliphatic carboxylic acids is 1. The van der Waals surface area contributed by atoms with Crippen molar-refractivity contribution in [1.82, 2.24) is 20.3 Å². The van der Waals surface area contributed by atoms with Gasteiger partial charge in [0.2, 0.25) is 0 Å². The molecule has 0 aliphatic heterocycles. The zero-order valence-electron chi connectivity index (χ0n) is 18.1. The number of hydrogen-bond acceptors (Lipinski definition) is 5. The summed E-state index contributed by atoms with van der Waals surface area (Å²) in [5.74, 6) is -3.98. The van der Waals surface area contributed by atoms with Crippen molar-refractivity contribution >= 4 is 46.2 Å². The highest BCUT2D eigenvalue weighted by Crippen LogP contribution is 2.35. The zero-order chi connectivity index (χ0) is 27.3. The molecular weight excluding hydrogens is 545 g/mol. The summed E-state index contributed by atoms with van der Waals surface area (Å²) in [5, 5.41) is 19.1. The number of alkyl halides is 3. The Labute approximate surface area is 214 Å². The van der Waals surface area contributed by atoms with E-state index in [4.69, 9.17) is 43.1 Å². The van der Waals surface area contributed by atoms with Gasteiger partial charge in [-0.25, -0.2) is 14.2 Å². The number of hydrogen-bond donors (Lipinski definition) is 4. The van der Waals surface area contributed by atoms with Crippen molar-refractivity contribution in [1.29, 1.82) is 5.26 Å². The molecule has 0 saturated carbocycles. The summed E-state index contributed by atoms with van der Waals surface area (Å²) < 4.78 is 52.3. The Bertz CT molecular complexity index is 1480. The second-order valence-electron chi connectivity index (χ2n) is 7.07. The molecule has 9 nitrogen and oxygen atoms in total. The molecule has 0 aliphatic rings. The Hall–Kier alpha value is -4.28. The summed E-state index contributed by atoms with van der Waals surface area (Å²) in [6.45, 7) is -0.0996. The van der Waals surface area contributed by atoms with E-state index in [1.807, 2.05) is 6.07 Å². The fourth-order valence-electron chi connectivity index (χ4n) is 2.82. The quantitative estimate of drug-likeness (QED) is 0.236. The van der Waals surface area contributed by atoms with Crippen LogP contribution in [0.25, 0.3) is 11.2 Å². The smallest absolute Gasteiger partial charge is 0.475 e. The molecule has 4 N–H and O–H groups in total. The molecule has 0 radical (unpaired) electrons. The van der Waals surface area contributed by atoms with Gasteiger partial charge in [0.25, 0.3) is 5.91 Å². The summed E-state index contributed by atoms with van der Waals surface area (Å²) in [7, 11) is 0. The van der Waals surface area contributed by atoms with Gasteiger partial charge in [0, 0.05) is 17.1 Å². The lowest BCUT2D eigenvalue weighted by Gasteiger charge is -2.13. The number of carbonyl (C=O) groups excluding carboxylic acids is 1. The van der Waals surface area contributed by atoms with Gasteiger partial charge in [0.15, 0.2) is 17.2 Å². The normalized spacial score (nSPS) is 10.8. The van der Waals surface area contributed by atoms with Gasteiger partial charge in [-0.05, 0) is 30.3 Å². The van der Waals surface area contributed by atoms with Gasteiger partial charge in [0.1, 0.15) is 11.4 Å². The number of aromatic amines is 2. The maximum Gasteiger partial charge on any atom is 0.490 e. The Morgan fingerprint density at radius 3 is 2.51 bits per heavy atom. The van der Waals surface area contributed by atoms with Gasteiger partial charge in [-0.1, -0.05) is 29.3 Å². The minimum absolute atomic E-state index is 0.0331. The lowest BCUT2D eigenvalue weighted by Crippen LogP contribution is -2.23. The first-order valence-electron chi connectivity index (χ1n) is 9.85. The molecular formula is C22H13Cl2F4N5O4. The van der Waals surface area contributed by atoms with Gasteiger partial charge >= 0.3 is 12.1 Å². The van der Waals surface area contributed by atoms with Gasteiger partial charge in [0.05, 0.1) is 28.5 Å².